The Morgan fingerprint density at radius 2 is 2.18 bits per heavy atom. The number of carbonyl (C=O) groups is 1. The summed E-state index contributed by atoms with van der Waals surface area (Å²) < 4.78 is 4.61. The second-order valence-corrected chi connectivity index (χ2v) is 3.33. The maximum atomic E-state index is 10.4. The number of para-hydroxylation sites is 1. The topological polar surface area (TPSA) is 90.1 Å². The number of ether oxygens (including phenoxy) is 1. The van der Waals surface area contributed by atoms with Crippen molar-refractivity contribution in [3.8, 4) is 0 Å². The van der Waals surface area contributed by atoms with E-state index in [0.29, 0.717) is 12.4 Å². The molecule has 2 aromatic rings. The minimum atomic E-state index is -0.778. The number of fused-ring (bicyclic) bond motifs is 1. The molecule has 0 aliphatic heterocycles. The standard InChI is InChI=1S/C11H12N4O2/c12-11(16)17-6-5-13-10-8-3-1-2-4-9(8)14-7-15-10/h1-4,7H,5-6H2,(H2,12,16)(H,13,14,15). The van der Waals surface area contributed by atoms with Gasteiger partial charge in [-0.3, -0.25) is 0 Å². The smallest absolute Gasteiger partial charge is 0.404 e. The minimum absolute atomic E-state index is 0.202. The van der Waals surface area contributed by atoms with Crippen molar-refractivity contribution in [2.75, 3.05) is 18.5 Å². The van der Waals surface area contributed by atoms with Gasteiger partial charge in [0, 0.05) is 5.39 Å². The zero-order valence-electron chi connectivity index (χ0n) is 9.09. The second kappa shape index (κ2) is 5.11. The van der Waals surface area contributed by atoms with Crippen LogP contribution in [0.2, 0.25) is 0 Å². The quantitative estimate of drug-likeness (QED) is 0.771. The summed E-state index contributed by atoms with van der Waals surface area (Å²) in [5.41, 5.74) is 5.71. The molecule has 6 nitrogen and oxygen atoms in total. The summed E-state index contributed by atoms with van der Waals surface area (Å²) in [6, 6.07) is 7.65. The number of rotatable bonds is 4. The van der Waals surface area contributed by atoms with Gasteiger partial charge in [0.15, 0.2) is 0 Å². The molecular formula is C11H12N4O2. The lowest BCUT2D eigenvalue weighted by molar-refractivity contribution is 0.161. The molecule has 1 heterocycles. The van der Waals surface area contributed by atoms with Gasteiger partial charge in [0.05, 0.1) is 12.1 Å². The largest absolute Gasteiger partial charge is 0.448 e. The van der Waals surface area contributed by atoms with E-state index in [1.165, 1.54) is 6.33 Å². The normalized spacial score (nSPS) is 10.1. The molecule has 6 heteroatoms. The summed E-state index contributed by atoms with van der Waals surface area (Å²) in [6.45, 7) is 0.650. The lowest BCUT2D eigenvalue weighted by Gasteiger charge is -2.07. The number of hydrogen-bond donors (Lipinski definition) is 2. The molecular weight excluding hydrogens is 220 g/mol. The van der Waals surface area contributed by atoms with Crippen LogP contribution in [0.1, 0.15) is 0 Å². The third-order valence-corrected chi connectivity index (χ3v) is 2.18. The van der Waals surface area contributed by atoms with Gasteiger partial charge in [-0.05, 0) is 12.1 Å². The zero-order valence-corrected chi connectivity index (χ0v) is 9.09. The van der Waals surface area contributed by atoms with Crippen molar-refractivity contribution in [1.29, 1.82) is 0 Å². The maximum absolute atomic E-state index is 10.4. The predicted molar refractivity (Wildman–Crippen MR) is 63.6 cm³/mol. The predicted octanol–water partition coefficient (Wildman–Crippen LogP) is 1.14. The molecule has 0 saturated heterocycles. The highest BCUT2D eigenvalue weighted by Gasteiger charge is 2.01. The van der Waals surface area contributed by atoms with Crippen LogP contribution in [0.25, 0.3) is 10.9 Å². The highest BCUT2D eigenvalue weighted by Crippen LogP contribution is 2.17. The highest BCUT2D eigenvalue weighted by atomic mass is 16.5. The summed E-state index contributed by atoms with van der Waals surface area (Å²) in [4.78, 5) is 18.6. The van der Waals surface area contributed by atoms with Crippen LogP contribution in [-0.4, -0.2) is 29.2 Å². The number of primary amides is 1. The first kappa shape index (κ1) is 11.1. The van der Waals surface area contributed by atoms with Crippen LogP contribution in [0, 0.1) is 0 Å². The summed E-state index contributed by atoms with van der Waals surface area (Å²) >= 11 is 0. The van der Waals surface area contributed by atoms with Gasteiger partial charge in [-0.2, -0.15) is 0 Å². The van der Waals surface area contributed by atoms with Gasteiger partial charge < -0.3 is 15.8 Å². The number of benzene rings is 1. The van der Waals surface area contributed by atoms with Crippen LogP contribution in [0.4, 0.5) is 10.6 Å². The number of carbonyl (C=O) groups excluding carboxylic acids is 1. The molecule has 0 unspecified atom stereocenters. The molecule has 1 aromatic carbocycles. The molecule has 0 radical (unpaired) electrons. The molecule has 2 rings (SSSR count). The van der Waals surface area contributed by atoms with Crippen LogP contribution in [0.15, 0.2) is 30.6 Å². The highest BCUT2D eigenvalue weighted by molar-refractivity contribution is 5.88. The maximum Gasteiger partial charge on any atom is 0.404 e. The average molecular weight is 232 g/mol. The van der Waals surface area contributed by atoms with Crippen molar-refractivity contribution in [2.24, 2.45) is 5.73 Å². The Hall–Kier alpha value is -2.37. The number of nitrogens with zero attached hydrogens (tertiary/aromatic N) is 2. The van der Waals surface area contributed by atoms with Crippen molar-refractivity contribution in [1.82, 2.24) is 9.97 Å². The van der Waals surface area contributed by atoms with Crippen LogP contribution in [0.3, 0.4) is 0 Å². The van der Waals surface area contributed by atoms with E-state index in [2.05, 4.69) is 20.0 Å². The molecule has 0 aliphatic rings. The molecule has 17 heavy (non-hydrogen) atoms. The first-order valence-corrected chi connectivity index (χ1v) is 5.13. The van der Waals surface area contributed by atoms with E-state index in [4.69, 9.17) is 5.73 Å². The molecule has 0 atom stereocenters. The Kier molecular flexibility index (Phi) is 3.34. The molecule has 0 fully saturated rings. The Morgan fingerprint density at radius 1 is 1.35 bits per heavy atom. The molecule has 1 amide bonds. The Balaban J connectivity index is 2.05. The summed E-state index contributed by atoms with van der Waals surface area (Å²) in [5.74, 6) is 0.712. The number of amides is 1. The first-order valence-electron chi connectivity index (χ1n) is 5.13. The number of aromatic nitrogens is 2. The number of hydrogen-bond acceptors (Lipinski definition) is 5. The van der Waals surface area contributed by atoms with Crippen molar-refractivity contribution in [3.63, 3.8) is 0 Å². The number of nitrogens with two attached hydrogens (primary N) is 1. The van der Waals surface area contributed by atoms with E-state index >= 15 is 0 Å². The van der Waals surface area contributed by atoms with Gasteiger partial charge in [0.25, 0.3) is 0 Å². The fraction of sp³-hybridized carbons (Fsp3) is 0.182. The zero-order chi connectivity index (χ0) is 12.1. The summed E-state index contributed by atoms with van der Waals surface area (Å²) in [5, 5.41) is 3.98. The Bertz CT molecular complexity index is 524. The van der Waals surface area contributed by atoms with Crippen molar-refractivity contribution >= 4 is 22.8 Å². The Labute approximate surface area is 97.8 Å². The lowest BCUT2D eigenvalue weighted by Crippen LogP contribution is -2.18. The van der Waals surface area contributed by atoms with Crippen molar-refractivity contribution in [2.45, 2.75) is 0 Å². The summed E-state index contributed by atoms with van der Waals surface area (Å²) in [6.07, 6.45) is 0.707. The van der Waals surface area contributed by atoms with Crippen molar-refractivity contribution in [3.05, 3.63) is 30.6 Å². The van der Waals surface area contributed by atoms with E-state index < -0.39 is 6.09 Å². The third kappa shape index (κ3) is 2.81. The van der Waals surface area contributed by atoms with Gasteiger partial charge >= 0.3 is 6.09 Å². The number of nitrogens with one attached hydrogen (secondary N) is 1. The van der Waals surface area contributed by atoms with E-state index in [-0.39, 0.29) is 6.61 Å². The molecule has 0 saturated carbocycles. The first-order chi connectivity index (χ1) is 8.27. The fourth-order valence-electron chi connectivity index (χ4n) is 1.47. The molecule has 88 valence electrons. The third-order valence-electron chi connectivity index (χ3n) is 2.18. The van der Waals surface area contributed by atoms with E-state index in [9.17, 15) is 4.79 Å². The molecule has 0 aliphatic carbocycles. The Morgan fingerprint density at radius 3 is 3.00 bits per heavy atom. The molecule has 1 aromatic heterocycles. The molecule has 0 spiro atoms. The van der Waals surface area contributed by atoms with E-state index in [0.717, 1.165) is 10.9 Å². The summed E-state index contributed by atoms with van der Waals surface area (Å²) in [7, 11) is 0. The SMILES string of the molecule is NC(=O)OCCNc1ncnc2ccccc12. The number of anilines is 1. The average Bonchev–Trinajstić information content (AvgIpc) is 2.34. The minimum Gasteiger partial charge on any atom is -0.448 e. The van der Waals surface area contributed by atoms with Crippen molar-refractivity contribution < 1.29 is 9.53 Å². The molecule has 3 N–H and O–H groups in total. The van der Waals surface area contributed by atoms with Crippen LogP contribution >= 0.6 is 0 Å². The van der Waals surface area contributed by atoms with E-state index in [1.54, 1.807) is 0 Å². The van der Waals surface area contributed by atoms with Crippen LogP contribution in [-0.2, 0) is 4.74 Å². The monoisotopic (exact) mass is 232 g/mol. The van der Waals surface area contributed by atoms with Gasteiger partial charge in [0.1, 0.15) is 18.8 Å². The second-order valence-electron chi connectivity index (χ2n) is 3.33. The molecule has 0 bridgehead atoms. The van der Waals surface area contributed by atoms with Crippen LogP contribution < -0.4 is 11.1 Å². The fourth-order valence-corrected chi connectivity index (χ4v) is 1.47. The van der Waals surface area contributed by atoms with Gasteiger partial charge in [0.2, 0.25) is 0 Å². The van der Waals surface area contributed by atoms with Gasteiger partial charge in [-0.25, -0.2) is 14.8 Å². The lowest BCUT2D eigenvalue weighted by atomic mass is 10.2. The van der Waals surface area contributed by atoms with E-state index in [1.807, 2.05) is 24.3 Å². The van der Waals surface area contributed by atoms with Gasteiger partial charge in [-0.1, -0.05) is 12.1 Å². The van der Waals surface area contributed by atoms with Gasteiger partial charge in [-0.15, -0.1) is 0 Å². The van der Waals surface area contributed by atoms with Crippen LogP contribution in [0.5, 0.6) is 0 Å².